The van der Waals surface area contributed by atoms with Crippen LogP contribution in [0.4, 0.5) is 0 Å². The fraction of sp³-hybridized carbons (Fsp3) is 0.417. The summed E-state index contributed by atoms with van der Waals surface area (Å²) in [5.41, 5.74) is 22.7. The van der Waals surface area contributed by atoms with Crippen LogP contribution in [0.2, 0.25) is 0 Å². The lowest BCUT2D eigenvalue weighted by molar-refractivity contribution is -0.142. The van der Waals surface area contributed by atoms with E-state index in [1.54, 1.807) is 18.3 Å². The molecule has 14 N–H and O–H groups in total. The Labute approximate surface area is 228 Å². The summed E-state index contributed by atoms with van der Waals surface area (Å²) < 4.78 is 0. The van der Waals surface area contributed by atoms with E-state index in [0.717, 1.165) is 10.9 Å². The Bertz CT molecular complexity index is 1240. The minimum atomic E-state index is -1.55. The van der Waals surface area contributed by atoms with E-state index in [-0.39, 0.29) is 31.8 Å². The van der Waals surface area contributed by atoms with Crippen LogP contribution < -0.4 is 38.9 Å². The van der Waals surface area contributed by atoms with Gasteiger partial charge in [0.2, 0.25) is 23.6 Å². The number of fused-ring (bicyclic) bond motifs is 1. The molecular weight excluding hydrogens is 526 g/mol. The zero-order valence-corrected chi connectivity index (χ0v) is 21.6. The van der Waals surface area contributed by atoms with Gasteiger partial charge in [-0.25, -0.2) is 4.79 Å². The number of amides is 4. The van der Waals surface area contributed by atoms with Gasteiger partial charge in [-0.05, 0) is 24.5 Å². The monoisotopic (exact) mass is 561 g/mol. The van der Waals surface area contributed by atoms with Crippen molar-refractivity contribution in [2.75, 3.05) is 13.2 Å². The van der Waals surface area contributed by atoms with Gasteiger partial charge in [-0.3, -0.25) is 24.2 Å². The highest BCUT2D eigenvalue weighted by Gasteiger charge is 2.30. The van der Waals surface area contributed by atoms with Crippen molar-refractivity contribution in [3.05, 3.63) is 36.0 Å². The smallest absolute Gasteiger partial charge is 0.326 e. The molecule has 218 valence electrons. The van der Waals surface area contributed by atoms with Gasteiger partial charge in [0.05, 0.1) is 19.1 Å². The Balaban J connectivity index is 2.11. The van der Waals surface area contributed by atoms with Crippen molar-refractivity contribution in [2.24, 2.45) is 27.9 Å². The molecule has 0 spiro atoms. The molecule has 4 amide bonds. The van der Waals surface area contributed by atoms with Crippen molar-refractivity contribution in [1.29, 1.82) is 0 Å². The number of aliphatic hydroxyl groups is 1. The number of aliphatic carboxylic acids is 1. The van der Waals surface area contributed by atoms with Gasteiger partial charge in [0.25, 0.3) is 0 Å². The maximum absolute atomic E-state index is 13.0. The summed E-state index contributed by atoms with van der Waals surface area (Å²) in [7, 11) is 0. The van der Waals surface area contributed by atoms with E-state index in [9.17, 15) is 34.2 Å². The first-order chi connectivity index (χ1) is 18.9. The third kappa shape index (κ3) is 9.55. The summed E-state index contributed by atoms with van der Waals surface area (Å²) in [5, 5.41) is 27.3. The minimum absolute atomic E-state index is 0.00424. The summed E-state index contributed by atoms with van der Waals surface area (Å²) >= 11 is 0. The normalized spacial score (nSPS) is 13.8. The number of hydrogen-bond donors (Lipinski definition) is 10. The molecule has 0 saturated heterocycles. The van der Waals surface area contributed by atoms with Crippen LogP contribution in [0.1, 0.15) is 24.8 Å². The maximum atomic E-state index is 13.0. The van der Waals surface area contributed by atoms with E-state index >= 15 is 0 Å². The van der Waals surface area contributed by atoms with Gasteiger partial charge >= 0.3 is 5.97 Å². The van der Waals surface area contributed by atoms with E-state index in [0.29, 0.717) is 5.56 Å². The first-order valence-corrected chi connectivity index (χ1v) is 12.3. The number of aliphatic imine (C=N–C) groups is 1. The Hall–Kier alpha value is -4.70. The van der Waals surface area contributed by atoms with Crippen LogP contribution >= 0.6 is 0 Å². The lowest BCUT2D eigenvalue weighted by atomic mass is 10.0. The maximum Gasteiger partial charge on any atom is 0.326 e. The topological polar surface area (TPSA) is 294 Å². The van der Waals surface area contributed by atoms with E-state index < -0.39 is 66.8 Å². The molecule has 0 saturated carbocycles. The third-order valence-corrected chi connectivity index (χ3v) is 5.87. The Morgan fingerprint density at radius 2 is 1.55 bits per heavy atom. The van der Waals surface area contributed by atoms with Crippen LogP contribution in [-0.4, -0.2) is 88.1 Å². The van der Waals surface area contributed by atoms with E-state index in [1.807, 2.05) is 12.1 Å². The van der Waals surface area contributed by atoms with Crippen LogP contribution in [-0.2, 0) is 30.4 Å². The molecule has 0 aliphatic heterocycles. The van der Waals surface area contributed by atoms with Crippen molar-refractivity contribution in [3.8, 4) is 0 Å². The minimum Gasteiger partial charge on any atom is -0.480 e. The zero-order chi connectivity index (χ0) is 29.8. The Morgan fingerprint density at radius 3 is 2.17 bits per heavy atom. The first kappa shape index (κ1) is 31.5. The molecule has 0 fully saturated rings. The number of benzene rings is 1. The SMILES string of the molecule is NC(=O)CC(N)C(=O)NC(CCCN=C(N)N)C(=O)NC(CO)C(=O)NC(Cc1c[nH]c2ccccc12)C(=O)O. The predicted octanol–water partition coefficient (Wildman–Crippen LogP) is -3.50. The number of carbonyl (C=O) groups is 5. The number of rotatable bonds is 16. The molecule has 1 aromatic carbocycles. The second-order valence-electron chi connectivity index (χ2n) is 8.99. The average Bonchev–Trinajstić information content (AvgIpc) is 3.30. The van der Waals surface area contributed by atoms with Gasteiger partial charge in [0.15, 0.2) is 5.96 Å². The fourth-order valence-electron chi connectivity index (χ4n) is 3.82. The standard InChI is InChI=1S/C24H35N9O7/c25-14(9-19(26)35)20(36)31-16(6-3-7-29-24(27)28)21(37)33-18(11-34)22(38)32-17(23(39)40)8-12-10-30-15-5-2-1-4-13(12)15/h1-2,4-5,10,14,16-18,30,34H,3,6-9,11,25H2,(H2,26,35)(H,31,36)(H,32,38)(H,33,37)(H,39,40)(H4,27,28,29). The van der Waals surface area contributed by atoms with Gasteiger partial charge in [-0.1, -0.05) is 18.2 Å². The lowest BCUT2D eigenvalue weighted by Gasteiger charge is -2.24. The van der Waals surface area contributed by atoms with Gasteiger partial charge in [-0.2, -0.15) is 0 Å². The summed E-state index contributed by atoms with van der Waals surface area (Å²) in [5.74, 6) is -5.01. The molecular formula is C24H35N9O7. The number of para-hydroxylation sites is 1. The second-order valence-corrected chi connectivity index (χ2v) is 8.99. The number of carboxylic acids is 1. The fourth-order valence-corrected chi connectivity index (χ4v) is 3.82. The molecule has 2 aromatic rings. The number of H-pyrrole nitrogens is 1. The molecule has 0 aliphatic carbocycles. The number of guanidine groups is 1. The molecule has 0 radical (unpaired) electrons. The first-order valence-electron chi connectivity index (χ1n) is 12.3. The van der Waals surface area contributed by atoms with Gasteiger partial charge < -0.3 is 54.1 Å². The largest absolute Gasteiger partial charge is 0.480 e. The molecule has 16 nitrogen and oxygen atoms in total. The molecule has 1 aromatic heterocycles. The van der Waals surface area contributed by atoms with Gasteiger partial charge in [-0.15, -0.1) is 0 Å². The van der Waals surface area contributed by atoms with Gasteiger partial charge in [0.1, 0.15) is 18.1 Å². The highest BCUT2D eigenvalue weighted by molar-refractivity contribution is 5.95. The van der Waals surface area contributed by atoms with E-state index in [2.05, 4.69) is 25.9 Å². The number of nitrogens with two attached hydrogens (primary N) is 4. The summed E-state index contributed by atoms with van der Waals surface area (Å²) in [6.45, 7) is -0.750. The van der Waals surface area contributed by atoms with E-state index in [4.69, 9.17) is 22.9 Å². The van der Waals surface area contributed by atoms with Crippen LogP contribution in [0.25, 0.3) is 10.9 Å². The van der Waals surface area contributed by atoms with Crippen LogP contribution in [0, 0.1) is 0 Å². The molecule has 0 aliphatic rings. The number of carbonyl (C=O) groups excluding carboxylic acids is 4. The molecule has 16 heteroatoms. The van der Waals surface area contributed by atoms with Crippen LogP contribution in [0.3, 0.4) is 0 Å². The third-order valence-electron chi connectivity index (χ3n) is 5.87. The molecule has 4 unspecified atom stereocenters. The molecule has 4 atom stereocenters. The Kier molecular flexibility index (Phi) is 11.8. The van der Waals surface area contributed by atoms with Crippen LogP contribution in [0.15, 0.2) is 35.5 Å². The number of aromatic nitrogens is 1. The number of hydrogen-bond acceptors (Lipinski definition) is 8. The highest BCUT2D eigenvalue weighted by atomic mass is 16.4. The number of nitrogens with zero attached hydrogens (tertiary/aromatic N) is 1. The lowest BCUT2D eigenvalue weighted by Crippen LogP contribution is -2.58. The molecule has 0 bridgehead atoms. The molecule has 1 heterocycles. The quantitative estimate of drug-likeness (QED) is 0.0547. The van der Waals surface area contributed by atoms with Gasteiger partial charge in [0, 0.05) is 30.1 Å². The van der Waals surface area contributed by atoms with Crippen LogP contribution in [0.5, 0.6) is 0 Å². The summed E-state index contributed by atoms with van der Waals surface area (Å²) in [6, 6.07) is 1.71. The molecule has 40 heavy (non-hydrogen) atoms. The summed E-state index contributed by atoms with van der Waals surface area (Å²) in [4.78, 5) is 68.1. The number of aliphatic hydroxyl groups excluding tert-OH is 1. The number of aromatic amines is 1. The number of carboxylic acid groups (broad SMARTS) is 1. The zero-order valence-electron chi connectivity index (χ0n) is 21.6. The summed E-state index contributed by atoms with van der Waals surface area (Å²) in [6.07, 6.45) is 1.32. The second kappa shape index (κ2) is 15.0. The van der Waals surface area contributed by atoms with Crippen molar-refractivity contribution >= 4 is 46.5 Å². The van der Waals surface area contributed by atoms with Crippen molar-refractivity contribution in [2.45, 2.75) is 49.9 Å². The van der Waals surface area contributed by atoms with E-state index in [1.165, 1.54) is 0 Å². The predicted molar refractivity (Wildman–Crippen MR) is 144 cm³/mol. The Morgan fingerprint density at radius 1 is 0.925 bits per heavy atom. The van der Waals surface area contributed by atoms with Crippen molar-refractivity contribution < 1.29 is 34.2 Å². The van der Waals surface area contributed by atoms with Crippen molar-refractivity contribution in [3.63, 3.8) is 0 Å². The van der Waals surface area contributed by atoms with Crippen molar-refractivity contribution in [1.82, 2.24) is 20.9 Å². The number of primary amides is 1. The average molecular weight is 562 g/mol. The molecule has 2 rings (SSSR count). The number of nitrogens with one attached hydrogen (secondary N) is 4. The highest BCUT2D eigenvalue weighted by Crippen LogP contribution is 2.19.